The zero-order valence-corrected chi connectivity index (χ0v) is 11.5. The highest BCUT2D eigenvalue weighted by molar-refractivity contribution is 6.06. The van der Waals surface area contributed by atoms with Gasteiger partial charge in [-0.3, -0.25) is 4.79 Å². The maximum Gasteiger partial charge on any atom is 0.233 e. The molecule has 1 atom stereocenters. The molecule has 0 aromatic carbocycles. The molecule has 0 aromatic rings. The van der Waals surface area contributed by atoms with Gasteiger partial charge >= 0.3 is 0 Å². The fourth-order valence-electron chi connectivity index (χ4n) is 1.35. The minimum Gasteiger partial charge on any atom is -0.409 e. The molecule has 0 aromatic heterocycles. The molecule has 106 valence electrons. The summed E-state index contributed by atoms with van der Waals surface area (Å²) in [7, 11) is 0. The molecule has 0 aliphatic rings. The van der Waals surface area contributed by atoms with Crippen LogP contribution in [0.5, 0.6) is 0 Å². The number of unbranched alkanes of at least 4 members (excludes halogenated alkanes) is 1. The van der Waals surface area contributed by atoms with E-state index in [2.05, 4.69) is 17.4 Å². The summed E-state index contributed by atoms with van der Waals surface area (Å²) in [4.78, 5) is 11.9. The van der Waals surface area contributed by atoms with Crippen molar-refractivity contribution in [2.45, 2.75) is 40.0 Å². The van der Waals surface area contributed by atoms with Gasteiger partial charge in [0.15, 0.2) is 5.84 Å². The molecular formula is C12H25N3O3. The maximum absolute atomic E-state index is 11.9. The molecule has 18 heavy (non-hydrogen) atoms. The standard InChI is InChI=1S/C12H25N3O3/c1-4-6-8-18-9-7-14-11(16)12(3,5-2)10(13)15-17/h17H,4-9H2,1-3H3,(H2,13,15)(H,14,16). The van der Waals surface area contributed by atoms with Crippen LogP contribution < -0.4 is 11.1 Å². The van der Waals surface area contributed by atoms with E-state index >= 15 is 0 Å². The lowest BCUT2D eigenvalue weighted by Crippen LogP contribution is -2.48. The van der Waals surface area contributed by atoms with Crippen LogP contribution in [0.3, 0.4) is 0 Å². The third-order valence-electron chi connectivity index (χ3n) is 3.06. The van der Waals surface area contributed by atoms with Crippen LogP contribution in [0.15, 0.2) is 5.16 Å². The van der Waals surface area contributed by atoms with Crippen molar-refractivity contribution in [3.05, 3.63) is 0 Å². The van der Waals surface area contributed by atoms with Gasteiger partial charge in [0.1, 0.15) is 5.41 Å². The van der Waals surface area contributed by atoms with Crippen LogP contribution in [-0.4, -0.2) is 36.7 Å². The summed E-state index contributed by atoms with van der Waals surface area (Å²) in [5.41, 5.74) is 4.57. The van der Waals surface area contributed by atoms with Crippen LogP contribution >= 0.6 is 0 Å². The quantitative estimate of drug-likeness (QED) is 0.190. The van der Waals surface area contributed by atoms with Crippen molar-refractivity contribution >= 4 is 11.7 Å². The van der Waals surface area contributed by atoms with E-state index in [-0.39, 0.29) is 11.7 Å². The van der Waals surface area contributed by atoms with Gasteiger partial charge < -0.3 is 21.0 Å². The molecule has 0 spiro atoms. The first kappa shape index (κ1) is 16.7. The smallest absolute Gasteiger partial charge is 0.233 e. The average molecular weight is 259 g/mol. The minimum absolute atomic E-state index is 0.0746. The second-order valence-corrected chi connectivity index (χ2v) is 4.39. The van der Waals surface area contributed by atoms with E-state index in [1.54, 1.807) is 6.92 Å². The summed E-state index contributed by atoms with van der Waals surface area (Å²) in [5.74, 6) is -0.325. The number of nitrogens with zero attached hydrogens (tertiary/aromatic N) is 1. The van der Waals surface area contributed by atoms with Crippen LogP contribution in [0.25, 0.3) is 0 Å². The fourth-order valence-corrected chi connectivity index (χ4v) is 1.35. The zero-order valence-electron chi connectivity index (χ0n) is 11.5. The van der Waals surface area contributed by atoms with E-state index in [0.29, 0.717) is 26.2 Å². The molecule has 1 unspecified atom stereocenters. The predicted octanol–water partition coefficient (Wildman–Crippen LogP) is 1.08. The number of amides is 1. The number of hydrogen-bond donors (Lipinski definition) is 3. The first-order valence-corrected chi connectivity index (χ1v) is 6.37. The average Bonchev–Trinajstić information content (AvgIpc) is 2.40. The SMILES string of the molecule is CCCCOCCNC(=O)C(C)(CC)C(N)=NO. The first-order valence-electron chi connectivity index (χ1n) is 6.37. The van der Waals surface area contributed by atoms with E-state index in [1.807, 2.05) is 6.92 Å². The van der Waals surface area contributed by atoms with Gasteiger partial charge in [-0.1, -0.05) is 25.4 Å². The molecule has 0 fully saturated rings. The number of oxime groups is 1. The van der Waals surface area contributed by atoms with Crippen molar-refractivity contribution in [2.24, 2.45) is 16.3 Å². The van der Waals surface area contributed by atoms with Gasteiger partial charge in [-0.25, -0.2) is 0 Å². The normalized spacial score (nSPS) is 15.2. The maximum atomic E-state index is 11.9. The highest BCUT2D eigenvalue weighted by Crippen LogP contribution is 2.21. The molecule has 1 amide bonds. The van der Waals surface area contributed by atoms with Crippen LogP contribution in [-0.2, 0) is 9.53 Å². The second kappa shape index (κ2) is 8.74. The summed E-state index contributed by atoms with van der Waals surface area (Å²) in [5, 5.41) is 14.3. The number of carbonyl (C=O) groups excluding carboxylic acids is 1. The molecule has 0 heterocycles. The number of nitrogens with two attached hydrogens (primary N) is 1. The van der Waals surface area contributed by atoms with Crippen LogP contribution in [0.1, 0.15) is 40.0 Å². The van der Waals surface area contributed by atoms with Crippen LogP contribution in [0.2, 0.25) is 0 Å². The number of hydrogen-bond acceptors (Lipinski definition) is 4. The van der Waals surface area contributed by atoms with E-state index in [4.69, 9.17) is 15.7 Å². The van der Waals surface area contributed by atoms with E-state index < -0.39 is 5.41 Å². The number of ether oxygens (including phenoxy) is 1. The van der Waals surface area contributed by atoms with Crippen molar-refractivity contribution in [3.63, 3.8) is 0 Å². The highest BCUT2D eigenvalue weighted by Gasteiger charge is 2.35. The van der Waals surface area contributed by atoms with E-state index in [9.17, 15) is 4.79 Å². The Labute approximate surface area is 109 Å². The third-order valence-corrected chi connectivity index (χ3v) is 3.06. The Morgan fingerprint density at radius 2 is 2.11 bits per heavy atom. The van der Waals surface area contributed by atoms with Crippen LogP contribution in [0.4, 0.5) is 0 Å². The topological polar surface area (TPSA) is 96.9 Å². The number of carbonyl (C=O) groups is 1. The van der Waals surface area contributed by atoms with Gasteiger partial charge in [-0.15, -0.1) is 0 Å². The summed E-state index contributed by atoms with van der Waals surface area (Å²) in [6.07, 6.45) is 2.57. The van der Waals surface area contributed by atoms with Crippen molar-refractivity contribution in [3.8, 4) is 0 Å². The molecule has 0 saturated carbocycles. The molecule has 4 N–H and O–H groups in total. The molecule has 0 bridgehead atoms. The Kier molecular flexibility index (Phi) is 8.11. The Balaban J connectivity index is 4.07. The lowest BCUT2D eigenvalue weighted by atomic mass is 9.85. The Bertz CT molecular complexity index is 282. The second-order valence-electron chi connectivity index (χ2n) is 4.39. The Hall–Kier alpha value is -1.30. The number of nitrogens with one attached hydrogen (secondary N) is 1. The van der Waals surface area contributed by atoms with Crippen molar-refractivity contribution < 1.29 is 14.7 Å². The van der Waals surface area contributed by atoms with Crippen LogP contribution in [0, 0.1) is 5.41 Å². The fraction of sp³-hybridized carbons (Fsp3) is 0.833. The first-order chi connectivity index (χ1) is 8.52. The lowest BCUT2D eigenvalue weighted by molar-refractivity contribution is -0.127. The monoisotopic (exact) mass is 259 g/mol. The summed E-state index contributed by atoms with van der Waals surface area (Å²) in [6, 6.07) is 0. The van der Waals surface area contributed by atoms with Gasteiger partial charge in [0.05, 0.1) is 6.61 Å². The Morgan fingerprint density at radius 1 is 1.44 bits per heavy atom. The Morgan fingerprint density at radius 3 is 2.61 bits per heavy atom. The minimum atomic E-state index is -0.974. The highest BCUT2D eigenvalue weighted by atomic mass is 16.5. The van der Waals surface area contributed by atoms with E-state index in [0.717, 1.165) is 12.8 Å². The molecule has 0 saturated heterocycles. The van der Waals surface area contributed by atoms with E-state index in [1.165, 1.54) is 0 Å². The third kappa shape index (κ3) is 4.91. The summed E-state index contributed by atoms with van der Waals surface area (Å²) < 4.78 is 5.33. The van der Waals surface area contributed by atoms with Crippen molar-refractivity contribution in [1.82, 2.24) is 5.32 Å². The van der Waals surface area contributed by atoms with Gasteiger partial charge in [0.25, 0.3) is 0 Å². The largest absolute Gasteiger partial charge is 0.409 e. The van der Waals surface area contributed by atoms with Gasteiger partial charge in [0.2, 0.25) is 5.91 Å². The molecule has 0 radical (unpaired) electrons. The van der Waals surface area contributed by atoms with Crippen molar-refractivity contribution in [2.75, 3.05) is 19.8 Å². The zero-order chi connectivity index (χ0) is 14.0. The molecule has 0 aliphatic carbocycles. The molecule has 0 aliphatic heterocycles. The summed E-state index contributed by atoms with van der Waals surface area (Å²) in [6.45, 7) is 7.16. The molecule has 0 rings (SSSR count). The molecule has 6 heteroatoms. The van der Waals surface area contributed by atoms with Gasteiger partial charge in [-0.05, 0) is 19.8 Å². The number of rotatable bonds is 9. The molecular weight excluding hydrogens is 234 g/mol. The molecule has 6 nitrogen and oxygen atoms in total. The lowest BCUT2D eigenvalue weighted by Gasteiger charge is -2.25. The van der Waals surface area contributed by atoms with Crippen molar-refractivity contribution in [1.29, 1.82) is 0 Å². The predicted molar refractivity (Wildman–Crippen MR) is 70.5 cm³/mol. The number of amidine groups is 1. The summed E-state index contributed by atoms with van der Waals surface area (Å²) >= 11 is 0. The van der Waals surface area contributed by atoms with Gasteiger partial charge in [0, 0.05) is 13.2 Å². The van der Waals surface area contributed by atoms with Gasteiger partial charge in [-0.2, -0.15) is 0 Å².